The van der Waals surface area contributed by atoms with E-state index >= 15 is 0 Å². The Morgan fingerprint density at radius 1 is 0.296 bits per heavy atom. The van der Waals surface area contributed by atoms with E-state index in [1.54, 1.807) is 0 Å². The Hall–Kier alpha value is -3.93. The van der Waals surface area contributed by atoms with Gasteiger partial charge in [0.25, 0.3) is 0 Å². The van der Waals surface area contributed by atoms with Gasteiger partial charge in [0.1, 0.15) is 13.2 Å². The van der Waals surface area contributed by atoms with Crippen molar-refractivity contribution in [3.8, 4) is 0 Å². The molecule has 1 unspecified atom stereocenters. The number of carbonyl (C=O) groups is 3. The fraction of sp³-hybridized carbons (Fsp3) is 0.677. The van der Waals surface area contributed by atoms with Crippen LogP contribution in [0.4, 0.5) is 0 Å². The lowest BCUT2D eigenvalue weighted by atomic mass is 10.1. The summed E-state index contributed by atoms with van der Waals surface area (Å²) in [4.78, 5) is 38.0. The second-order valence-electron chi connectivity index (χ2n) is 19.2. The topological polar surface area (TPSA) is 78.9 Å². The van der Waals surface area contributed by atoms with Gasteiger partial charge < -0.3 is 14.2 Å². The Labute approximate surface area is 438 Å². The molecule has 0 aromatic heterocycles. The standard InChI is InChI=1S/C65H108O6/c1-4-7-10-13-16-18-20-22-24-26-28-29-30-31-32-33-34-35-37-38-40-42-44-46-49-52-55-58-64(67)70-61-62(60-69-63(66)57-54-51-48-15-12-9-6-3)71-65(68)59-56-53-50-47-45-43-41-39-36-27-25-23-21-19-17-14-11-8-5-2/h7,10,16-19,22-25,28-29,31-32,34-35,38,40,62H,4-6,8-9,11-15,20-21,26-27,30,33,36-37,39,41-61H2,1-3H3/b10-7-,18-16-,19-17-,24-22-,25-23-,29-28-,32-31-,35-34-,40-38-. The highest BCUT2D eigenvalue weighted by molar-refractivity contribution is 5.71. The van der Waals surface area contributed by atoms with Crippen LogP contribution in [0.1, 0.15) is 265 Å². The van der Waals surface area contributed by atoms with Crippen LogP contribution in [0.15, 0.2) is 109 Å². The number of carbonyl (C=O) groups excluding carboxylic acids is 3. The minimum Gasteiger partial charge on any atom is -0.462 e. The van der Waals surface area contributed by atoms with Gasteiger partial charge in [-0.25, -0.2) is 0 Å². The van der Waals surface area contributed by atoms with Crippen LogP contribution in [0.25, 0.3) is 0 Å². The number of allylic oxidation sites excluding steroid dienone is 18. The maximum atomic E-state index is 12.8. The molecule has 0 saturated carbocycles. The Morgan fingerprint density at radius 3 is 0.887 bits per heavy atom. The van der Waals surface area contributed by atoms with Crippen LogP contribution in [-0.4, -0.2) is 37.2 Å². The zero-order valence-corrected chi connectivity index (χ0v) is 46.2. The number of ether oxygens (including phenoxy) is 3. The van der Waals surface area contributed by atoms with Crippen molar-refractivity contribution in [1.82, 2.24) is 0 Å². The van der Waals surface area contributed by atoms with Gasteiger partial charge in [-0.2, -0.15) is 0 Å². The lowest BCUT2D eigenvalue weighted by Gasteiger charge is -2.18. The Morgan fingerprint density at radius 2 is 0.549 bits per heavy atom. The molecule has 0 rings (SSSR count). The first-order chi connectivity index (χ1) is 35.0. The predicted molar refractivity (Wildman–Crippen MR) is 307 cm³/mol. The van der Waals surface area contributed by atoms with Crippen molar-refractivity contribution in [2.75, 3.05) is 13.2 Å². The molecule has 0 heterocycles. The molecule has 0 N–H and O–H groups in total. The maximum absolute atomic E-state index is 12.8. The van der Waals surface area contributed by atoms with Gasteiger partial charge >= 0.3 is 17.9 Å². The summed E-state index contributed by atoms with van der Waals surface area (Å²) in [6.07, 6.45) is 79.6. The van der Waals surface area contributed by atoms with E-state index in [4.69, 9.17) is 14.2 Å². The molecule has 0 fully saturated rings. The van der Waals surface area contributed by atoms with Gasteiger partial charge in [0.05, 0.1) is 0 Å². The molecule has 0 saturated heterocycles. The number of esters is 3. The van der Waals surface area contributed by atoms with Crippen LogP contribution in [-0.2, 0) is 28.6 Å². The fourth-order valence-corrected chi connectivity index (χ4v) is 7.86. The summed E-state index contributed by atoms with van der Waals surface area (Å²) in [7, 11) is 0. The molecule has 6 heteroatoms. The molecule has 0 amide bonds. The first-order valence-corrected chi connectivity index (χ1v) is 29.4. The molecular weight excluding hydrogens is 877 g/mol. The first-order valence-electron chi connectivity index (χ1n) is 29.4. The fourth-order valence-electron chi connectivity index (χ4n) is 7.86. The molecule has 0 radical (unpaired) electrons. The Balaban J connectivity index is 4.25. The second-order valence-corrected chi connectivity index (χ2v) is 19.2. The number of hydrogen-bond acceptors (Lipinski definition) is 6. The maximum Gasteiger partial charge on any atom is 0.306 e. The first kappa shape index (κ1) is 67.1. The minimum atomic E-state index is -0.787. The van der Waals surface area contributed by atoms with Crippen molar-refractivity contribution < 1.29 is 28.6 Å². The largest absolute Gasteiger partial charge is 0.462 e. The van der Waals surface area contributed by atoms with E-state index in [-0.39, 0.29) is 31.1 Å². The van der Waals surface area contributed by atoms with Crippen molar-refractivity contribution in [1.29, 1.82) is 0 Å². The van der Waals surface area contributed by atoms with Gasteiger partial charge in [-0.1, -0.05) is 246 Å². The van der Waals surface area contributed by atoms with Gasteiger partial charge in [0.2, 0.25) is 0 Å². The van der Waals surface area contributed by atoms with E-state index < -0.39 is 6.10 Å². The van der Waals surface area contributed by atoms with Crippen LogP contribution >= 0.6 is 0 Å². The molecule has 0 aliphatic carbocycles. The Bertz CT molecular complexity index is 1460. The molecule has 404 valence electrons. The zero-order valence-electron chi connectivity index (χ0n) is 46.2. The van der Waals surface area contributed by atoms with E-state index in [0.29, 0.717) is 19.3 Å². The summed E-state index contributed by atoms with van der Waals surface area (Å²) >= 11 is 0. The average molecular weight is 986 g/mol. The molecule has 0 aliphatic heterocycles. The summed E-state index contributed by atoms with van der Waals surface area (Å²) in [6.45, 7) is 6.44. The van der Waals surface area contributed by atoms with Crippen LogP contribution in [0.5, 0.6) is 0 Å². The van der Waals surface area contributed by atoms with Crippen LogP contribution in [0.3, 0.4) is 0 Å². The SMILES string of the molecule is CC/C=C\C/C=C\C/C=C\C/C=C\C/C=C\C/C=C\C/C=C\CCCCCCCC(=O)OCC(COC(=O)CCCCCCCCC)OC(=O)CCCCCCCCCCC/C=C\C/C=C\CCCCC. The summed E-state index contributed by atoms with van der Waals surface area (Å²) in [5.41, 5.74) is 0. The van der Waals surface area contributed by atoms with Crippen molar-refractivity contribution in [2.45, 2.75) is 271 Å². The van der Waals surface area contributed by atoms with Crippen LogP contribution in [0, 0.1) is 0 Å². The highest BCUT2D eigenvalue weighted by Gasteiger charge is 2.19. The van der Waals surface area contributed by atoms with Crippen molar-refractivity contribution in [3.63, 3.8) is 0 Å². The molecule has 0 bridgehead atoms. The molecule has 1 atom stereocenters. The summed E-state index contributed by atoms with van der Waals surface area (Å²) in [5.74, 6) is -0.916. The molecule has 6 nitrogen and oxygen atoms in total. The van der Waals surface area contributed by atoms with Gasteiger partial charge in [-0.3, -0.25) is 14.4 Å². The van der Waals surface area contributed by atoms with Gasteiger partial charge in [0, 0.05) is 19.3 Å². The second kappa shape index (κ2) is 58.6. The number of unbranched alkanes of at least 4 members (excludes halogenated alkanes) is 23. The highest BCUT2D eigenvalue weighted by atomic mass is 16.6. The lowest BCUT2D eigenvalue weighted by Crippen LogP contribution is -2.30. The zero-order chi connectivity index (χ0) is 51.4. The predicted octanol–water partition coefficient (Wildman–Crippen LogP) is 19.9. The Kier molecular flexibility index (Phi) is 55.4. The van der Waals surface area contributed by atoms with E-state index in [1.807, 2.05) is 0 Å². The normalized spacial score (nSPS) is 12.9. The summed E-state index contributed by atoms with van der Waals surface area (Å²) in [6, 6.07) is 0. The van der Waals surface area contributed by atoms with E-state index in [0.717, 1.165) is 128 Å². The van der Waals surface area contributed by atoms with E-state index in [2.05, 4.69) is 130 Å². The van der Waals surface area contributed by atoms with Crippen LogP contribution < -0.4 is 0 Å². The van der Waals surface area contributed by atoms with E-state index in [9.17, 15) is 14.4 Å². The minimum absolute atomic E-state index is 0.0863. The third-order valence-corrected chi connectivity index (χ3v) is 12.3. The molecule has 0 aromatic rings. The number of hydrogen-bond donors (Lipinski definition) is 0. The lowest BCUT2D eigenvalue weighted by molar-refractivity contribution is -0.167. The molecule has 0 aliphatic rings. The van der Waals surface area contributed by atoms with Crippen molar-refractivity contribution in [2.24, 2.45) is 0 Å². The molecule has 0 spiro atoms. The highest BCUT2D eigenvalue weighted by Crippen LogP contribution is 2.15. The summed E-state index contributed by atoms with van der Waals surface area (Å²) < 4.78 is 16.8. The molecule has 0 aromatic carbocycles. The smallest absolute Gasteiger partial charge is 0.306 e. The van der Waals surface area contributed by atoms with Gasteiger partial charge in [-0.05, 0) is 109 Å². The van der Waals surface area contributed by atoms with Crippen molar-refractivity contribution in [3.05, 3.63) is 109 Å². The third-order valence-electron chi connectivity index (χ3n) is 12.3. The summed E-state index contributed by atoms with van der Waals surface area (Å²) in [5, 5.41) is 0. The monoisotopic (exact) mass is 985 g/mol. The third kappa shape index (κ3) is 56.9. The quantitative estimate of drug-likeness (QED) is 0.0261. The van der Waals surface area contributed by atoms with Gasteiger partial charge in [-0.15, -0.1) is 0 Å². The van der Waals surface area contributed by atoms with Crippen molar-refractivity contribution >= 4 is 17.9 Å². The van der Waals surface area contributed by atoms with E-state index in [1.165, 1.54) is 96.3 Å². The molecular formula is C65H108O6. The molecule has 71 heavy (non-hydrogen) atoms. The number of rotatable bonds is 52. The van der Waals surface area contributed by atoms with Crippen LogP contribution in [0.2, 0.25) is 0 Å². The average Bonchev–Trinajstić information content (AvgIpc) is 3.37. The van der Waals surface area contributed by atoms with Gasteiger partial charge in [0.15, 0.2) is 6.10 Å².